The van der Waals surface area contributed by atoms with E-state index >= 15 is 0 Å². The van der Waals surface area contributed by atoms with E-state index in [1.807, 2.05) is 38.1 Å². The van der Waals surface area contributed by atoms with E-state index < -0.39 is 28.5 Å². The predicted octanol–water partition coefficient (Wildman–Crippen LogP) is 4.06. The quantitative estimate of drug-likeness (QED) is 0.398. The van der Waals surface area contributed by atoms with Gasteiger partial charge < -0.3 is 15.0 Å². The first kappa shape index (κ1) is 28.7. The maximum absolute atomic E-state index is 13.9. The number of likely N-dealkylation sites (N-methyl/N-ethyl adjacent to an activating group) is 1. The number of methoxy groups -OCH3 is 1. The number of nitrogens with one attached hydrogen (secondary N) is 1. The molecule has 0 heterocycles. The highest BCUT2D eigenvalue weighted by Gasteiger charge is 2.32. The van der Waals surface area contributed by atoms with Crippen molar-refractivity contribution < 1.29 is 22.7 Å². The third-order valence-electron chi connectivity index (χ3n) is 6.18. The van der Waals surface area contributed by atoms with Gasteiger partial charge in [-0.25, -0.2) is 8.42 Å². The molecule has 3 aromatic carbocycles. The Kier molecular flexibility index (Phi) is 9.52. The lowest BCUT2D eigenvalue weighted by molar-refractivity contribution is -0.139. The van der Waals surface area contributed by atoms with Crippen molar-refractivity contribution in [2.24, 2.45) is 0 Å². The zero-order valence-electron chi connectivity index (χ0n) is 22.5. The number of aryl methyl sites for hydroxylation is 2. The lowest BCUT2D eigenvalue weighted by atomic mass is 10.1. The van der Waals surface area contributed by atoms with Crippen molar-refractivity contribution in [1.82, 2.24) is 10.2 Å². The molecule has 0 aromatic heterocycles. The van der Waals surface area contributed by atoms with Crippen molar-refractivity contribution >= 4 is 27.5 Å². The summed E-state index contributed by atoms with van der Waals surface area (Å²) < 4.78 is 34.1. The van der Waals surface area contributed by atoms with E-state index in [1.165, 1.54) is 24.1 Å². The number of benzene rings is 3. The smallest absolute Gasteiger partial charge is 0.264 e. The van der Waals surface area contributed by atoms with E-state index in [0.29, 0.717) is 12.3 Å². The second-order valence-electron chi connectivity index (χ2n) is 9.11. The minimum Gasteiger partial charge on any atom is -0.497 e. The fourth-order valence-corrected chi connectivity index (χ4v) is 5.45. The van der Waals surface area contributed by atoms with Crippen molar-refractivity contribution in [3.05, 3.63) is 89.5 Å². The van der Waals surface area contributed by atoms with E-state index in [-0.39, 0.29) is 23.0 Å². The van der Waals surface area contributed by atoms with Crippen LogP contribution >= 0.6 is 0 Å². The molecule has 0 fully saturated rings. The summed E-state index contributed by atoms with van der Waals surface area (Å²) in [6.07, 6.45) is 0. The molecule has 1 atom stereocenters. The van der Waals surface area contributed by atoms with Crippen molar-refractivity contribution in [3.63, 3.8) is 0 Å². The van der Waals surface area contributed by atoms with E-state index in [0.717, 1.165) is 21.0 Å². The number of hydrogen-bond acceptors (Lipinski definition) is 5. The van der Waals surface area contributed by atoms with Gasteiger partial charge in [0.15, 0.2) is 0 Å². The highest BCUT2D eigenvalue weighted by Crippen LogP contribution is 2.28. The molecule has 0 aliphatic heterocycles. The number of rotatable bonds is 11. The molecule has 0 spiro atoms. The summed E-state index contributed by atoms with van der Waals surface area (Å²) >= 11 is 0. The highest BCUT2D eigenvalue weighted by atomic mass is 32.2. The first-order valence-corrected chi connectivity index (χ1v) is 13.9. The maximum Gasteiger partial charge on any atom is 0.264 e. The third kappa shape index (κ3) is 6.92. The summed E-state index contributed by atoms with van der Waals surface area (Å²) in [7, 11) is -2.64. The molecule has 0 bridgehead atoms. The molecule has 0 radical (unpaired) electrons. The largest absolute Gasteiger partial charge is 0.497 e. The SMILES string of the molecule is CCNC(=O)[C@@H](C)N(Cc1cccc(C)c1)C(=O)CN(c1cccc(OC)c1)S(=O)(=O)c1ccc(C)cc1. The van der Waals surface area contributed by atoms with Gasteiger partial charge in [-0.3, -0.25) is 13.9 Å². The van der Waals surface area contributed by atoms with Gasteiger partial charge in [-0.05, 0) is 57.5 Å². The fraction of sp³-hybridized carbons (Fsp3) is 0.310. The van der Waals surface area contributed by atoms with E-state index in [9.17, 15) is 18.0 Å². The number of carbonyl (C=O) groups excluding carboxylic acids is 2. The number of amides is 2. The minimum atomic E-state index is -4.13. The Balaban J connectivity index is 2.05. The molecule has 8 nitrogen and oxygen atoms in total. The molecular weight excluding hydrogens is 502 g/mol. The summed E-state index contributed by atoms with van der Waals surface area (Å²) in [5.74, 6) is -0.377. The number of carbonyl (C=O) groups is 2. The molecule has 0 saturated heterocycles. The van der Waals surface area contributed by atoms with E-state index in [4.69, 9.17) is 4.74 Å². The second kappa shape index (κ2) is 12.6. The van der Waals surface area contributed by atoms with Gasteiger partial charge in [0, 0.05) is 19.2 Å². The Bertz CT molecular complexity index is 1370. The van der Waals surface area contributed by atoms with Crippen LogP contribution in [0.2, 0.25) is 0 Å². The van der Waals surface area contributed by atoms with Crippen LogP contribution in [-0.2, 0) is 26.2 Å². The summed E-state index contributed by atoms with van der Waals surface area (Å²) in [5.41, 5.74) is 3.04. The number of anilines is 1. The zero-order valence-corrected chi connectivity index (χ0v) is 23.3. The molecule has 0 aliphatic rings. The molecule has 0 saturated carbocycles. The van der Waals surface area contributed by atoms with Gasteiger partial charge in [0.25, 0.3) is 10.0 Å². The average molecular weight is 538 g/mol. The predicted molar refractivity (Wildman–Crippen MR) is 149 cm³/mol. The van der Waals surface area contributed by atoms with Gasteiger partial charge in [0.05, 0.1) is 17.7 Å². The number of sulfonamides is 1. The standard InChI is InChI=1S/C29H35N3O5S/c1-6-30-29(34)23(4)31(19-24-10-7-9-22(3)17-24)28(33)20-32(25-11-8-12-26(18-25)37-5)38(35,36)27-15-13-21(2)14-16-27/h7-18,23H,6,19-20H2,1-5H3,(H,30,34)/t23-/m1/s1. The van der Waals surface area contributed by atoms with Crippen molar-refractivity contribution in [3.8, 4) is 5.75 Å². The van der Waals surface area contributed by atoms with Crippen LogP contribution in [0.4, 0.5) is 5.69 Å². The Morgan fingerprint density at radius 3 is 2.26 bits per heavy atom. The molecule has 38 heavy (non-hydrogen) atoms. The maximum atomic E-state index is 13.9. The zero-order chi connectivity index (χ0) is 27.9. The van der Waals surface area contributed by atoms with Crippen LogP contribution in [0.5, 0.6) is 5.75 Å². The molecule has 3 rings (SSSR count). The summed E-state index contributed by atoms with van der Waals surface area (Å²) in [6, 6.07) is 19.8. The Morgan fingerprint density at radius 2 is 1.63 bits per heavy atom. The Labute approximate surface area is 225 Å². The van der Waals surface area contributed by atoms with Crippen LogP contribution in [-0.4, -0.2) is 51.4 Å². The number of hydrogen-bond donors (Lipinski definition) is 1. The van der Waals surface area contributed by atoms with Crippen molar-refractivity contribution in [2.45, 2.75) is 45.2 Å². The molecule has 9 heteroatoms. The van der Waals surface area contributed by atoms with Crippen molar-refractivity contribution in [1.29, 1.82) is 0 Å². The van der Waals surface area contributed by atoms with Crippen molar-refractivity contribution in [2.75, 3.05) is 24.5 Å². The van der Waals surface area contributed by atoms with Crippen LogP contribution in [0.15, 0.2) is 77.7 Å². The van der Waals surface area contributed by atoms with Gasteiger partial charge in [0.1, 0.15) is 18.3 Å². The summed E-state index contributed by atoms with van der Waals surface area (Å²) in [5, 5.41) is 2.76. The number of nitrogens with zero attached hydrogens (tertiary/aromatic N) is 2. The van der Waals surface area contributed by atoms with Crippen LogP contribution in [0.3, 0.4) is 0 Å². The van der Waals surface area contributed by atoms with Gasteiger partial charge in [0.2, 0.25) is 11.8 Å². The monoisotopic (exact) mass is 537 g/mol. The molecule has 2 amide bonds. The van der Waals surface area contributed by atoms with Crippen LogP contribution in [0.25, 0.3) is 0 Å². The van der Waals surface area contributed by atoms with Crippen LogP contribution in [0.1, 0.15) is 30.5 Å². The fourth-order valence-electron chi connectivity index (χ4n) is 4.04. The molecule has 1 N–H and O–H groups in total. The topological polar surface area (TPSA) is 96.0 Å². The first-order valence-electron chi connectivity index (χ1n) is 12.4. The lowest BCUT2D eigenvalue weighted by Crippen LogP contribution is -2.51. The van der Waals surface area contributed by atoms with Crippen LogP contribution < -0.4 is 14.4 Å². The van der Waals surface area contributed by atoms with Gasteiger partial charge >= 0.3 is 0 Å². The number of ether oxygens (including phenoxy) is 1. The van der Waals surface area contributed by atoms with E-state index in [2.05, 4.69) is 5.32 Å². The molecule has 202 valence electrons. The Morgan fingerprint density at radius 1 is 0.947 bits per heavy atom. The van der Waals surface area contributed by atoms with Gasteiger partial charge in [-0.15, -0.1) is 0 Å². The molecule has 3 aromatic rings. The van der Waals surface area contributed by atoms with E-state index in [1.54, 1.807) is 50.2 Å². The normalized spacial score (nSPS) is 11.9. The van der Waals surface area contributed by atoms with Gasteiger partial charge in [-0.2, -0.15) is 0 Å². The van der Waals surface area contributed by atoms with Crippen LogP contribution in [0, 0.1) is 13.8 Å². The summed E-state index contributed by atoms with van der Waals surface area (Å²) in [6.45, 7) is 7.31. The second-order valence-corrected chi connectivity index (χ2v) is 11.0. The van der Waals surface area contributed by atoms with Gasteiger partial charge in [-0.1, -0.05) is 53.6 Å². The highest BCUT2D eigenvalue weighted by molar-refractivity contribution is 7.92. The molecule has 0 aliphatic carbocycles. The Hall–Kier alpha value is -3.85. The molecular formula is C29H35N3O5S. The average Bonchev–Trinajstić information content (AvgIpc) is 2.90. The first-order chi connectivity index (χ1) is 18.1. The molecule has 0 unspecified atom stereocenters. The minimum absolute atomic E-state index is 0.0562. The third-order valence-corrected chi connectivity index (χ3v) is 7.97. The summed E-state index contributed by atoms with van der Waals surface area (Å²) in [4.78, 5) is 28.1. The lowest BCUT2D eigenvalue weighted by Gasteiger charge is -2.32.